The van der Waals surface area contributed by atoms with E-state index in [2.05, 4.69) is 50.9 Å². The van der Waals surface area contributed by atoms with Gasteiger partial charge in [0.1, 0.15) is 5.65 Å². The molecule has 0 bridgehead atoms. The van der Waals surface area contributed by atoms with Crippen LogP contribution in [0, 0.1) is 6.92 Å². The smallest absolute Gasteiger partial charge is 0.258 e. The third kappa shape index (κ3) is 2.84. The average molecular weight is 384 g/mol. The molecule has 0 amide bonds. The Morgan fingerprint density at radius 1 is 1.21 bits per heavy atom. The van der Waals surface area contributed by atoms with Crippen LogP contribution in [0.5, 0.6) is 0 Å². The molecule has 3 heterocycles. The summed E-state index contributed by atoms with van der Waals surface area (Å²) in [4.78, 5) is 19.4. The Morgan fingerprint density at radius 2 is 2.08 bits per heavy atom. The quantitative estimate of drug-likeness (QED) is 0.676. The number of anilines is 1. The van der Waals surface area contributed by atoms with Gasteiger partial charge in [-0.2, -0.15) is 0 Å². The second-order valence-corrected chi connectivity index (χ2v) is 7.23. The summed E-state index contributed by atoms with van der Waals surface area (Å²) in [6.07, 6.45) is 4.01. The molecule has 122 valence electrons. The van der Waals surface area contributed by atoms with Crippen molar-refractivity contribution in [2.45, 2.75) is 26.3 Å². The molecule has 4 nitrogen and oxygen atoms in total. The van der Waals surface area contributed by atoms with Crippen molar-refractivity contribution in [3.63, 3.8) is 0 Å². The van der Waals surface area contributed by atoms with Crippen LogP contribution in [-0.2, 0) is 13.0 Å². The maximum Gasteiger partial charge on any atom is 0.258 e. The predicted molar refractivity (Wildman–Crippen MR) is 99.7 cm³/mol. The van der Waals surface area contributed by atoms with Crippen molar-refractivity contribution in [1.29, 1.82) is 0 Å². The topological polar surface area (TPSA) is 37.6 Å². The zero-order valence-corrected chi connectivity index (χ0v) is 15.1. The van der Waals surface area contributed by atoms with Gasteiger partial charge in [0.15, 0.2) is 0 Å². The Balaban J connectivity index is 1.71. The molecule has 0 saturated heterocycles. The second-order valence-electron chi connectivity index (χ2n) is 6.32. The van der Waals surface area contributed by atoms with E-state index in [1.165, 1.54) is 16.8 Å². The number of pyridine rings is 1. The predicted octanol–water partition coefficient (Wildman–Crippen LogP) is 3.72. The minimum atomic E-state index is -0.0440. The van der Waals surface area contributed by atoms with Gasteiger partial charge >= 0.3 is 0 Å². The number of aryl methyl sites for hydroxylation is 2. The van der Waals surface area contributed by atoms with Crippen LogP contribution in [0.25, 0.3) is 5.65 Å². The first kappa shape index (κ1) is 15.4. The number of aromatic nitrogens is 2. The first-order valence-electron chi connectivity index (χ1n) is 8.12. The highest BCUT2D eigenvalue weighted by atomic mass is 79.9. The van der Waals surface area contributed by atoms with Gasteiger partial charge in [-0.05, 0) is 59.5 Å². The Morgan fingerprint density at radius 3 is 2.96 bits per heavy atom. The fourth-order valence-corrected chi connectivity index (χ4v) is 3.71. The van der Waals surface area contributed by atoms with Crippen molar-refractivity contribution >= 4 is 27.3 Å². The molecule has 0 saturated carbocycles. The van der Waals surface area contributed by atoms with E-state index in [9.17, 15) is 4.79 Å². The van der Waals surface area contributed by atoms with Gasteiger partial charge in [-0.1, -0.05) is 17.7 Å². The summed E-state index contributed by atoms with van der Waals surface area (Å²) in [7, 11) is 0. The van der Waals surface area contributed by atoms with E-state index in [0.29, 0.717) is 12.2 Å². The summed E-state index contributed by atoms with van der Waals surface area (Å²) in [6, 6.07) is 12.0. The molecular weight excluding hydrogens is 366 g/mol. The van der Waals surface area contributed by atoms with Crippen LogP contribution in [0.4, 0.5) is 5.69 Å². The maximum absolute atomic E-state index is 12.4. The van der Waals surface area contributed by atoms with Crippen molar-refractivity contribution in [2.75, 3.05) is 11.4 Å². The first-order chi connectivity index (χ1) is 11.6. The standard InChI is InChI=1S/C19H18BrN3O/c1-13-4-6-17-14(9-13)3-2-8-22(17)12-16-10-19(24)23-11-15(20)5-7-18(23)21-16/h4-7,9-11H,2-3,8,12H2,1H3. The molecule has 5 heteroatoms. The number of fused-ring (bicyclic) bond motifs is 2. The SMILES string of the molecule is Cc1ccc2c(c1)CCCN2Cc1cc(=O)n2cc(Br)ccc2n1. The molecular formula is C19H18BrN3O. The normalized spacial score (nSPS) is 14.0. The summed E-state index contributed by atoms with van der Waals surface area (Å²) < 4.78 is 2.44. The highest BCUT2D eigenvalue weighted by Crippen LogP contribution is 2.28. The van der Waals surface area contributed by atoms with Crippen LogP contribution in [0.15, 0.2) is 51.9 Å². The lowest BCUT2D eigenvalue weighted by atomic mass is 9.99. The molecule has 1 aromatic carbocycles. The van der Waals surface area contributed by atoms with E-state index in [1.807, 2.05) is 12.1 Å². The maximum atomic E-state index is 12.4. The zero-order chi connectivity index (χ0) is 16.7. The summed E-state index contributed by atoms with van der Waals surface area (Å²) in [5, 5.41) is 0. The lowest BCUT2D eigenvalue weighted by Crippen LogP contribution is -2.30. The summed E-state index contributed by atoms with van der Waals surface area (Å²) in [5.41, 5.74) is 5.41. The van der Waals surface area contributed by atoms with E-state index in [0.717, 1.165) is 29.6 Å². The molecule has 0 fully saturated rings. The number of hydrogen-bond donors (Lipinski definition) is 0. The van der Waals surface area contributed by atoms with Gasteiger partial charge in [-0.3, -0.25) is 9.20 Å². The third-order valence-electron chi connectivity index (χ3n) is 4.48. The van der Waals surface area contributed by atoms with Crippen LogP contribution in [0.3, 0.4) is 0 Å². The monoisotopic (exact) mass is 383 g/mol. The van der Waals surface area contributed by atoms with E-state index in [1.54, 1.807) is 16.7 Å². The molecule has 0 unspecified atom stereocenters. The number of rotatable bonds is 2. The Bertz CT molecular complexity index is 980. The summed E-state index contributed by atoms with van der Waals surface area (Å²) >= 11 is 3.39. The molecule has 0 radical (unpaired) electrons. The van der Waals surface area contributed by atoms with Crippen LogP contribution >= 0.6 is 15.9 Å². The van der Waals surface area contributed by atoms with Crippen molar-refractivity contribution in [3.05, 3.63) is 74.2 Å². The Hall–Kier alpha value is -2.14. The minimum absolute atomic E-state index is 0.0440. The van der Waals surface area contributed by atoms with E-state index in [-0.39, 0.29) is 5.56 Å². The van der Waals surface area contributed by atoms with Crippen LogP contribution in [-0.4, -0.2) is 15.9 Å². The molecule has 0 N–H and O–H groups in total. The van der Waals surface area contributed by atoms with Crippen molar-refractivity contribution < 1.29 is 0 Å². The van der Waals surface area contributed by atoms with Gasteiger partial charge in [-0.15, -0.1) is 0 Å². The van der Waals surface area contributed by atoms with Crippen molar-refractivity contribution in [1.82, 2.24) is 9.38 Å². The van der Waals surface area contributed by atoms with Gasteiger partial charge < -0.3 is 4.90 Å². The molecule has 4 rings (SSSR count). The lowest BCUT2D eigenvalue weighted by Gasteiger charge is -2.31. The Kier molecular flexibility index (Phi) is 3.88. The van der Waals surface area contributed by atoms with E-state index >= 15 is 0 Å². The molecule has 0 atom stereocenters. The van der Waals surface area contributed by atoms with Crippen LogP contribution in [0.2, 0.25) is 0 Å². The molecule has 1 aliphatic heterocycles. The minimum Gasteiger partial charge on any atom is -0.365 e. The summed E-state index contributed by atoms with van der Waals surface area (Å²) in [5.74, 6) is 0. The second kappa shape index (κ2) is 6.06. The average Bonchev–Trinajstić information content (AvgIpc) is 2.55. The summed E-state index contributed by atoms with van der Waals surface area (Å²) in [6.45, 7) is 3.79. The van der Waals surface area contributed by atoms with E-state index < -0.39 is 0 Å². The zero-order valence-electron chi connectivity index (χ0n) is 13.5. The number of halogens is 1. The number of hydrogen-bond acceptors (Lipinski definition) is 3. The number of nitrogens with zero attached hydrogens (tertiary/aromatic N) is 3. The van der Waals surface area contributed by atoms with Gasteiger partial charge in [0.05, 0.1) is 12.2 Å². The molecule has 0 spiro atoms. The molecule has 3 aromatic rings. The lowest BCUT2D eigenvalue weighted by molar-refractivity contribution is 0.682. The Labute approximate surface area is 148 Å². The van der Waals surface area contributed by atoms with Crippen LogP contribution in [0.1, 0.15) is 23.2 Å². The molecule has 0 aliphatic carbocycles. The van der Waals surface area contributed by atoms with Crippen molar-refractivity contribution in [3.8, 4) is 0 Å². The third-order valence-corrected chi connectivity index (χ3v) is 4.95. The van der Waals surface area contributed by atoms with Gasteiger partial charge in [0.2, 0.25) is 0 Å². The van der Waals surface area contributed by atoms with Gasteiger partial charge in [-0.25, -0.2) is 4.98 Å². The van der Waals surface area contributed by atoms with Crippen molar-refractivity contribution in [2.24, 2.45) is 0 Å². The highest BCUT2D eigenvalue weighted by Gasteiger charge is 2.18. The largest absolute Gasteiger partial charge is 0.365 e. The fourth-order valence-electron chi connectivity index (χ4n) is 3.37. The van der Waals surface area contributed by atoms with Crippen LogP contribution < -0.4 is 10.5 Å². The highest BCUT2D eigenvalue weighted by molar-refractivity contribution is 9.10. The van der Waals surface area contributed by atoms with Gasteiger partial charge in [0, 0.05) is 29.0 Å². The first-order valence-corrected chi connectivity index (χ1v) is 8.92. The van der Waals surface area contributed by atoms with E-state index in [4.69, 9.17) is 0 Å². The number of benzene rings is 1. The fraction of sp³-hybridized carbons (Fsp3) is 0.263. The molecule has 2 aromatic heterocycles. The molecule has 24 heavy (non-hydrogen) atoms. The molecule has 1 aliphatic rings. The van der Waals surface area contributed by atoms with Gasteiger partial charge in [0.25, 0.3) is 5.56 Å².